The van der Waals surface area contributed by atoms with E-state index in [1.54, 1.807) is 0 Å². The minimum absolute atomic E-state index is 0.000940. The molecule has 0 heterocycles. The largest absolute Gasteiger partial charge is 0.390 e. The lowest BCUT2D eigenvalue weighted by Crippen LogP contribution is -2.20. The lowest BCUT2D eigenvalue weighted by Gasteiger charge is -2.17. The van der Waals surface area contributed by atoms with Crippen molar-refractivity contribution in [1.82, 2.24) is 0 Å². The highest BCUT2D eigenvalue weighted by Crippen LogP contribution is 2.30. The molecule has 102 valence electrons. The molecule has 8 nitrogen and oxygen atoms in total. The molecule has 0 radical (unpaired) electrons. The molecule has 1 aromatic rings. The topological polar surface area (TPSA) is 132 Å². The molecular formula is C10H11BrN4O4. The van der Waals surface area contributed by atoms with Crippen LogP contribution in [0.15, 0.2) is 27.8 Å². The van der Waals surface area contributed by atoms with Crippen LogP contribution in [0, 0.1) is 10.1 Å². The van der Waals surface area contributed by atoms with Gasteiger partial charge in [-0.1, -0.05) is 21.0 Å². The minimum atomic E-state index is -1.41. The maximum Gasteiger partial charge on any atom is 0.276 e. The minimum Gasteiger partial charge on any atom is -0.390 e. The summed E-state index contributed by atoms with van der Waals surface area (Å²) in [5, 5.41) is 33.7. The molecule has 2 N–H and O–H groups in total. The van der Waals surface area contributed by atoms with Gasteiger partial charge in [0.15, 0.2) is 0 Å². The van der Waals surface area contributed by atoms with Gasteiger partial charge in [-0.3, -0.25) is 10.1 Å². The van der Waals surface area contributed by atoms with E-state index in [0.29, 0.717) is 4.47 Å². The van der Waals surface area contributed by atoms with Crippen LogP contribution in [0.3, 0.4) is 0 Å². The van der Waals surface area contributed by atoms with Gasteiger partial charge in [-0.25, -0.2) is 0 Å². The standard InChI is InChI=1S/C10H11BrN4O4/c11-6-1-2-7(8(5-6)15(18)19)10(17)9(16)3-4-13-14-12/h1-2,5,9-10,16-17H,3-4H2. The number of aliphatic hydroxyl groups is 2. The number of nitro groups is 1. The molecule has 2 unspecified atom stereocenters. The molecule has 0 saturated heterocycles. The molecule has 0 amide bonds. The number of aliphatic hydroxyl groups excluding tert-OH is 2. The summed E-state index contributed by atoms with van der Waals surface area (Å²) in [6, 6.07) is 4.15. The van der Waals surface area contributed by atoms with Crippen molar-refractivity contribution in [3.63, 3.8) is 0 Å². The van der Waals surface area contributed by atoms with Crippen LogP contribution in [0.1, 0.15) is 18.1 Å². The van der Waals surface area contributed by atoms with Gasteiger partial charge in [0.1, 0.15) is 6.10 Å². The average Bonchev–Trinajstić information content (AvgIpc) is 2.38. The Bertz CT molecular complexity index is 518. The van der Waals surface area contributed by atoms with Crippen molar-refractivity contribution in [2.75, 3.05) is 6.54 Å². The molecule has 9 heteroatoms. The van der Waals surface area contributed by atoms with Gasteiger partial charge >= 0.3 is 0 Å². The predicted molar refractivity (Wildman–Crippen MR) is 70.4 cm³/mol. The SMILES string of the molecule is [N-]=[N+]=NCCC(O)C(O)c1ccc(Br)cc1[N+](=O)[O-]. The predicted octanol–water partition coefficient (Wildman–Crippen LogP) is 2.45. The van der Waals surface area contributed by atoms with Gasteiger partial charge in [0.05, 0.1) is 16.6 Å². The van der Waals surface area contributed by atoms with Crippen molar-refractivity contribution < 1.29 is 15.1 Å². The third-order valence-electron chi connectivity index (χ3n) is 2.46. The molecule has 0 aliphatic rings. The molecule has 0 saturated carbocycles. The van der Waals surface area contributed by atoms with Crippen molar-refractivity contribution in [3.8, 4) is 0 Å². The molecular weight excluding hydrogens is 320 g/mol. The number of azide groups is 1. The van der Waals surface area contributed by atoms with Crippen LogP contribution in [0.5, 0.6) is 0 Å². The highest BCUT2D eigenvalue weighted by atomic mass is 79.9. The first-order valence-corrected chi connectivity index (χ1v) is 6.07. The Morgan fingerprint density at radius 3 is 2.79 bits per heavy atom. The van der Waals surface area contributed by atoms with E-state index in [9.17, 15) is 20.3 Å². The number of hydrogen-bond donors (Lipinski definition) is 2. The Labute approximate surface area is 116 Å². The van der Waals surface area contributed by atoms with Crippen LogP contribution in [0.4, 0.5) is 5.69 Å². The molecule has 1 rings (SSSR count). The number of nitro benzene ring substituents is 1. The molecule has 0 fully saturated rings. The van der Waals surface area contributed by atoms with Crippen molar-refractivity contribution in [2.45, 2.75) is 18.6 Å². The highest BCUT2D eigenvalue weighted by Gasteiger charge is 2.26. The van der Waals surface area contributed by atoms with Gasteiger partial charge in [-0.15, -0.1) is 0 Å². The van der Waals surface area contributed by atoms with Gasteiger partial charge in [0.25, 0.3) is 5.69 Å². The molecule has 0 aliphatic heterocycles. The Morgan fingerprint density at radius 1 is 1.53 bits per heavy atom. The second kappa shape index (κ2) is 7.05. The fraction of sp³-hybridized carbons (Fsp3) is 0.400. The molecule has 0 aliphatic carbocycles. The Kier molecular flexibility index (Phi) is 5.71. The van der Waals surface area contributed by atoms with E-state index in [-0.39, 0.29) is 24.2 Å². The summed E-state index contributed by atoms with van der Waals surface area (Å²) in [7, 11) is 0. The summed E-state index contributed by atoms with van der Waals surface area (Å²) < 4.78 is 0.499. The quantitative estimate of drug-likeness (QED) is 0.272. The number of nitrogens with zero attached hydrogens (tertiary/aromatic N) is 4. The second-order valence-electron chi connectivity index (χ2n) is 3.72. The van der Waals surface area contributed by atoms with E-state index in [0.717, 1.165) is 0 Å². The number of rotatable bonds is 6. The zero-order chi connectivity index (χ0) is 14.4. The van der Waals surface area contributed by atoms with Crippen LogP contribution < -0.4 is 0 Å². The molecule has 0 spiro atoms. The Morgan fingerprint density at radius 2 is 2.21 bits per heavy atom. The Balaban J connectivity index is 2.95. The highest BCUT2D eigenvalue weighted by molar-refractivity contribution is 9.10. The van der Waals surface area contributed by atoms with E-state index in [1.165, 1.54) is 18.2 Å². The van der Waals surface area contributed by atoms with E-state index in [2.05, 4.69) is 26.0 Å². The van der Waals surface area contributed by atoms with Gasteiger partial charge in [-0.05, 0) is 24.1 Å². The normalized spacial score (nSPS) is 13.4. The number of halogens is 1. The fourth-order valence-electron chi connectivity index (χ4n) is 1.52. The number of benzene rings is 1. The van der Waals surface area contributed by atoms with Crippen LogP contribution in [0.25, 0.3) is 10.4 Å². The third kappa shape index (κ3) is 4.18. The molecule has 1 aromatic carbocycles. The van der Waals surface area contributed by atoms with E-state index >= 15 is 0 Å². The van der Waals surface area contributed by atoms with E-state index < -0.39 is 17.1 Å². The first-order valence-electron chi connectivity index (χ1n) is 5.28. The molecule has 0 bridgehead atoms. The summed E-state index contributed by atoms with van der Waals surface area (Å²) in [6.07, 6.45) is -2.65. The average molecular weight is 331 g/mol. The van der Waals surface area contributed by atoms with Crippen LogP contribution in [-0.2, 0) is 0 Å². The summed E-state index contributed by atoms with van der Waals surface area (Å²) in [5.41, 5.74) is 7.83. The van der Waals surface area contributed by atoms with E-state index in [1.807, 2.05) is 0 Å². The fourth-order valence-corrected chi connectivity index (χ4v) is 1.87. The maximum atomic E-state index is 10.9. The van der Waals surface area contributed by atoms with Crippen LogP contribution >= 0.6 is 15.9 Å². The van der Waals surface area contributed by atoms with Crippen molar-refractivity contribution in [2.24, 2.45) is 5.11 Å². The lowest BCUT2D eigenvalue weighted by atomic mass is 10.0. The van der Waals surface area contributed by atoms with Crippen LogP contribution in [0.2, 0.25) is 0 Å². The summed E-state index contributed by atoms with van der Waals surface area (Å²) >= 11 is 3.10. The Hall–Kier alpha value is -1.67. The van der Waals surface area contributed by atoms with E-state index in [4.69, 9.17) is 5.53 Å². The summed E-state index contributed by atoms with van der Waals surface area (Å²) in [6.45, 7) is -0.000940. The first kappa shape index (κ1) is 15.4. The zero-order valence-electron chi connectivity index (χ0n) is 9.68. The van der Waals surface area contributed by atoms with Gasteiger partial charge in [0.2, 0.25) is 0 Å². The van der Waals surface area contributed by atoms with Crippen molar-refractivity contribution >= 4 is 21.6 Å². The zero-order valence-corrected chi connectivity index (χ0v) is 11.3. The first-order chi connectivity index (χ1) is 8.97. The monoisotopic (exact) mass is 330 g/mol. The van der Waals surface area contributed by atoms with Gasteiger partial charge in [-0.2, -0.15) is 0 Å². The lowest BCUT2D eigenvalue weighted by molar-refractivity contribution is -0.386. The summed E-state index contributed by atoms with van der Waals surface area (Å²) in [4.78, 5) is 12.8. The van der Waals surface area contributed by atoms with Crippen molar-refractivity contribution in [3.05, 3.63) is 48.8 Å². The van der Waals surface area contributed by atoms with Crippen LogP contribution in [-0.4, -0.2) is 27.8 Å². The third-order valence-corrected chi connectivity index (χ3v) is 2.95. The second-order valence-corrected chi connectivity index (χ2v) is 4.63. The van der Waals surface area contributed by atoms with Gasteiger partial charge in [0, 0.05) is 22.0 Å². The molecule has 2 atom stereocenters. The summed E-state index contributed by atoms with van der Waals surface area (Å²) in [5.74, 6) is 0. The molecule has 19 heavy (non-hydrogen) atoms. The molecule has 0 aromatic heterocycles. The van der Waals surface area contributed by atoms with Gasteiger partial charge < -0.3 is 10.2 Å². The van der Waals surface area contributed by atoms with Crippen molar-refractivity contribution in [1.29, 1.82) is 0 Å². The smallest absolute Gasteiger partial charge is 0.276 e. The maximum absolute atomic E-state index is 10.9. The number of hydrogen-bond acceptors (Lipinski definition) is 5.